The van der Waals surface area contributed by atoms with Crippen molar-refractivity contribution in [2.45, 2.75) is 26.7 Å². The van der Waals surface area contributed by atoms with Crippen molar-refractivity contribution in [3.8, 4) is 0 Å². The number of amides is 2. The van der Waals surface area contributed by atoms with E-state index in [1.165, 1.54) is 0 Å². The van der Waals surface area contributed by atoms with Gasteiger partial charge in [-0.15, -0.1) is 0 Å². The smallest absolute Gasteiger partial charge is 0.306 e. The van der Waals surface area contributed by atoms with Gasteiger partial charge in [0, 0.05) is 22.3 Å². The summed E-state index contributed by atoms with van der Waals surface area (Å²) in [4.78, 5) is 35.6. The van der Waals surface area contributed by atoms with Crippen LogP contribution in [0.25, 0.3) is 0 Å². The highest BCUT2D eigenvalue weighted by molar-refractivity contribution is 9.10. The molecule has 2 amide bonds. The molecule has 0 bridgehead atoms. The van der Waals surface area contributed by atoms with Gasteiger partial charge in [0.25, 0.3) is 5.91 Å². The Morgan fingerprint density at radius 2 is 1.79 bits per heavy atom. The van der Waals surface area contributed by atoms with Gasteiger partial charge in [0.05, 0.1) is 11.4 Å². The van der Waals surface area contributed by atoms with Gasteiger partial charge in [0.1, 0.15) is 0 Å². The van der Waals surface area contributed by atoms with Crippen LogP contribution in [0.3, 0.4) is 0 Å². The molecule has 0 saturated heterocycles. The third-order valence-electron chi connectivity index (χ3n) is 3.76. The van der Waals surface area contributed by atoms with Gasteiger partial charge in [-0.1, -0.05) is 23.7 Å². The molecule has 0 unspecified atom stereocenters. The van der Waals surface area contributed by atoms with Crippen LogP contribution in [-0.4, -0.2) is 24.4 Å². The maximum absolute atomic E-state index is 12.0. The summed E-state index contributed by atoms with van der Waals surface area (Å²) < 4.78 is 5.64. The molecule has 0 aliphatic carbocycles. The number of ether oxygens (including phenoxy) is 1. The van der Waals surface area contributed by atoms with Crippen LogP contribution < -0.4 is 10.6 Å². The maximum Gasteiger partial charge on any atom is 0.306 e. The fourth-order valence-electron chi connectivity index (χ4n) is 2.35. The minimum atomic E-state index is -0.625. The zero-order valence-corrected chi connectivity index (χ0v) is 17.8. The van der Waals surface area contributed by atoms with Crippen molar-refractivity contribution < 1.29 is 19.1 Å². The van der Waals surface area contributed by atoms with Gasteiger partial charge in [0.2, 0.25) is 5.91 Å². The first-order valence-corrected chi connectivity index (χ1v) is 9.69. The molecule has 8 heteroatoms. The predicted molar refractivity (Wildman–Crippen MR) is 113 cm³/mol. The van der Waals surface area contributed by atoms with E-state index in [2.05, 4.69) is 26.6 Å². The number of esters is 1. The number of carbonyl (C=O) groups is 3. The summed E-state index contributed by atoms with van der Waals surface area (Å²) in [6.07, 6.45) is -0.149. The number of hydrogen-bond acceptors (Lipinski definition) is 4. The minimum Gasteiger partial charge on any atom is -0.456 e. The topological polar surface area (TPSA) is 84.5 Å². The monoisotopic (exact) mass is 466 g/mol. The van der Waals surface area contributed by atoms with Crippen LogP contribution in [0.4, 0.5) is 11.4 Å². The van der Waals surface area contributed by atoms with Crippen molar-refractivity contribution in [3.63, 3.8) is 0 Å². The molecule has 0 aliphatic heterocycles. The number of nitrogens with one attached hydrogen (secondary N) is 2. The van der Waals surface area contributed by atoms with E-state index < -0.39 is 18.5 Å². The third-order valence-corrected chi connectivity index (χ3v) is 4.96. The molecule has 0 fully saturated rings. The summed E-state index contributed by atoms with van der Waals surface area (Å²) in [6.45, 7) is 3.29. The second-order valence-electron chi connectivity index (χ2n) is 6.21. The van der Waals surface area contributed by atoms with E-state index in [4.69, 9.17) is 16.3 Å². The van der Waals surface area contributed by atoms with Gasteiger partial charge in [-0.2, -0.15) is 0 Å². The molecule has 28 heavy (non-hydrogen) atoms. The second kappa shape index (κ2) is 10.2. The van der Waals surface area contributed by atoms with Gasteiger partial charge in [-0.05, 0) is 65.2 Å². The molecule has 0 saturated carbocycles. The van der Waals surface area contributed by atoms with Crippen molar-refractivity contribution in [2.75, 3.05) is 17.2 Å². The van der Waals surface area contributed by atoms with E-state index in [0.29, 0.717) is 16.4 Å². The molecule has 0 aromatic heterocycles. The lowest BCUT2D eigenvalue weighted by Gasteiger charge is -2.10. The summed E-state index contributed by atoms with van der Waals surface area (Å²) in [6, 6.07) is 10.7. The Balaban J connectivity index is 1.74. The summed E-state index contributed by atoms with van der Waals surface area (Å²) in [5.41, 5.74) is 3.03. The fourth-order valence-corrected chi connectivity index (χ4v) is 2.97. The van der Waals surface area contributed by atoms with Crippen LogP contribution in [0.5, 0.6) is 0 Å². The Bertz CT molecular complexity index is 902. The van der Waals surface area contributed by atoms with Crippen LogP contribution >= 0.6 is 27.5 Å². The zero-order valence-electron chi connectivity index (χ0n) is 15.5. The minimum absolute atomic E-state index is 0.0319. The van der Waals surface area contributed by atoms with Gasteiger partial charge in [0.15, 0.2) is 6.61 Å². The first-order chi connectivity index (χ1) is 13.2. The predicted octanol–water partition coefficient (Wildman–Crippen LogP) is 4.62. The Morgan fingerprint density at radius 3 is 2.50 bits per heavy atom. The highest BCUT2D eigenvalue weighted by atomic mass is 79.9. The lowest BCUT2D eigenvalue weighted by atomic mass is 10.2. The number of carbonyl (C=O) groups excluding carboxylic acids is 3. The summed E-state index contributed by atoms with van der Waals surface area (Å²) in [5, 5.41) is 5.80. The van der Waals surface area contributed by atoms with Crippen molar-refractivity contribution in [1.82, 2.24) is 0 Å². The number of anilines is 2. The molecule has 148 valence electrons. The van der Waals surface area contributed by atoms with E-state index in [9.17, 15) is 14.4 Å². The van der Waals surface area contributed by atoms with E-state index in [1.807, 2.05) is 32.0 Å². The van der Waals surface area contributed by atoms with Crippen molar-refractivity contribution >= 4 is 56.7 Å². The van der Waals surface area contributed by atoms with Crippen LogP contribution in [0, 0.1) is 13.8 Å². The fraction of sp³-hybridized carbons (Fsp3) is 0.250. The second-order valence-corrected chi connectivity index (χ2v) is 7.47. The molecule has 0 atom stereocenters. The van der Waals surface area contributed by atoms with Gasteiger partial charge < -0.3 is 15.4 Å². The standard InChI is InChI=1S/C20H20BrClN2O4/c1-12-4-3-5-14(8-12)23-18(25)6-7-20(27)28-11-19(26)24-17-10-16(22)15(21)9-13(17)2/h3-5,8-10H,6-7,11H2,1-2H3,(H,23,25)(H,24,26). The normalized spacial score (nSPS) is 10.3. The Hall–Kier alpha value is -2.38. The van der Waals surface area contributed by atoms with Crippen molar-refractivity contribution in [2.24, 2.45) is 0 Å². The quantitative estimate of drug-likeness (QED) is 0.582. The van der Waals surface area contributed by atoms with E-state index >= 15 is 0 Å². The zero-order chi connectivity index (χ0) is 20.7. The lowest BCUT2D eigenvalue weighted by molar-refractivity contribution is -0.147. The van der Waals surface area contributed by atoms with E-state index in [-0.39, 0.29) is 18.7 Å². The largest absolute Gasteiger partial charge is 0.456 e. The SMILES string of the molecule is Cc1cccc(NC(=O)CCC(=O)OCC(=O)Nc2cc(Cl)c(Br)cc2C)c1. The molecule has 0 aliphatic rings. The summed E-state index contributed by atoms with van der Waals surface area (Å²) >= 11 is 9.32. The number of halogens is 2. The molecule has 0 radical (unpaired) electrons. The molecular formula is C20H20BrClN2O4. The number of rotatable bonds is 7. The van der Waals surface area contributed by atoms with Crippen LogP contribution in [0.2, 0.25) is 5.02 Å². The highest BCUT2D eigenvalue weighted by Gasteiger charge is 2.12. The van der Waals surface area contributed by atoms with Crippen molar-refractivity contribution in [3.05, 3.63) is 57.0 Å². The molecule has 0 heterocycles. The van der Waals surface area contributed by atoms with Crippen LogP contribution in [-0.2, 0) is 19.1 Å². The van der Waals surface area contributed by atoms with Gasteiger partial charge >= 0.3 is 5.97 Å². The van der Waals surface area contributed by atoms with Gasteiger partial charge in [-0.3, -0.25) is 14.4 Å². The molecular weight excluding hydrogens is 448 g/mol. The Morgan fingerprint density at radius 1 is 1.04 bits per heavy atom. The molecule has 2 N–H and O–H groups in total. The van der Waals surface area contributed by atoms with Crippen LogP contribution in [0.1, 0.15) is 24.0 Å². The maximum atomic E-state index is 12.0. The van der Waals surface area contributed by atoms with Gasteiger partial charge in [-0.25, -0.2) is 0 Å². The van der Waals surface area contributed by atoms with E-state index in [1.54, 1.807) is 18.2 Å². The number of benzene rings is 2. The lowest BCUT2D eigenvalue weighted by Crippen LogP contribution is -2.22. The number of hydrogen-bond donors (Lipinski definition) is 2. The Kier molecular flexibility index (Phi) is 8.02. The molecule has 2 aromatic rings. The Labute approximate surface area is 176 Å². The molecule has 2 aromatic carbocycles. The first-order valence-electron chi connectivity index (χ1n) is 8.52. The van der Waals surface area contributed by atoms with Crippen LogP contribution in [0.15, 0.2) is 40.9 Å². The average Bonchev–Trinajstić information content (AvgIpc) is 2.63. The number of aryl methyl sites for hydroxylation is 2. The third kappa shape index (κ3) is 6.98. The van der Waals surface area contributed by atoms with E-state index in [0.717, 1.165) is 15.6 Å². The van der Waals surface area contributed by atoms with Crippen molar-refractivity contribution in [1.29, 1.82) is 0 Å². The summed E-state index contributed by atoms with van der Waals surface area (Å²) in [5.74, 6) is -1.41. The summed E-state index contributed by atoms with van der Waals surface area (Å²) in [7, 11) is 0. The molecule has 6 nitrogen and oxygen atoms in total. The highest BCUT2D eigenvalue weighted by Crippen LogP contribution is 2.28. The first kappa shape index (κ1) is 21.9. The molecule has 2 rings (SSSR count). The average molecular weight is 468 g/mol. The molecule has 0 spiro atoms.